The number of hydrogen-bond donors (Lipinski definition) is 1. The Hall–Kier alpha value is -0.840. The molecular weight excluding hydrogens is 394 g/mol. The van der Waals surface area contributed by atoms with Crippen molar-refractivity contribution in [2.24, 2.45) is 0 Å². The first-order chi connectivity index (χ1) is 10.2. The van der Waals surface area contributed by atoms with E-state index < -0.39 is 0 Å². The van der Waals surface area contributed by atoms with E-state index in [4.69, 9.17) is 4.74 Å². The van der Waals surface area contributed by atoms with Gasteiger partial charge in [0.05, 0.1) is 4.47 Å². The maximum atomic E-state index is 6.02. The summed E-state index contributed by atoms with van der Waals surface area (Å²) in [5.41, 5.74) is 2.33. The van der Waals surface area contributed by atoms with Crippen LogP contribution in [0.2, 0.25) is 0 Å². The Morgan fingerprint density at radius 2 is 1.81 bits per heavy atom. The summed E-state index contributed by atoms with van der Waals surface area (Å²) in [7, 11) is 0. The molecule has 0 saturated heterocycles. The van der Waals surface area contributed by atoms with Crippen LogP contribution < -0.4 is 10.1 Å². The second kappa shape index (κ2) is 8.57. The summed E-state index contributed by atoms with van der Waals surface area (Å²) >= 11 is 7.02. The predicted octanol–water partition coefficient (Wildman–Crippen LogP) is 5.29. The van der Waals surface area contributed by atoms with Crippen LogP contribution in [0.1, 0.15) is 24.5 Å². The Bertz CT molecular complexity index is 570. The van der Waals surface area contributed by atoms with Crippen molar-refractivity contribution in [2.45, 2.75) is 26.5 Å². The van der Waals surface area contributed by atoms with Crippen LogP contribution in [0.3, 0.4) is 0 Å². The zero-order valence-corrected chi connectivity index (χ0v) is 15.2. The quantitative estimate of drug-likeness (QED) is 0.623. The van der Waals surface area contributed by atoms with Gasteiger partial charge in [0.1, 0.15) is 12.4 Å². The molecule has 2 aromatic carbocycles. The summed E-state index contributed by atoms with van der Waals surface area (Å²) in [4.78, 5) is 0. The van der Waals surface area contributed by atoms with Gasteiger partial charge in [0.25, 0.3) is 0 Å². The van der Waals surface area contributed by atoms with Crippen LogP contribution in [0.25, 0.3) is 0 Å². The Morgan fingerprint density at radius 3 is 2.52 bits per heavy atom. The number of para-hydroxylation sites is 1. The molecule has 4 heteroatoms. The molecule has 0 heterocycles. The monoisotopic (exact) mass is 411 g/mol. The number of nitrogens with one attached hydrogen (secondary N) is 1. The van der Waals surface area contributed by atoms with Crippen molar-refractivity contribution in [3.05, 3.63) is 62.5 Å². The first-order valence-corrected chi connectivity index (χ1v) is 8.64. The molecule has 0 radical (unpaired) electrons. The molecule has 0 fully saturated rings. The third kappa shape index (κ3) is 5.13. The van der Waals surface area contributed by atoms with Gasteiger partial charge in [-0.05, 0) is 52.7 Å². The topological polar surface area (TPSA) is 21.3 Å². The zero-order chi connectivity index (χ0) is 15.1. The lowest BCUT2D eigenvalue weighted by Gasteiger charge is -2.14. The van der Waals surface area contributed by atoms with E-state index in [9.17, 15) is 0 Å². The fourth-order valence-electron chi connectivity index (χ4n) is 1.99. The second-order valence-electron chi connectivity index (χ2n) is 4.82. The van der Waals surface area contributed by atoms with Crippen molar-refractivity contribution in [3.63, 3.8) is 0 Å². The van der Waals surface area contributed by atoms with Crippen LogP contribution in [-0.2, 0) is 13.2 Å². The number of hydrogen-bond acceptors (Lipinski definition) is 2. The van der Waals surface area contributed by atoms with Crippen LogP contribution in [0.15, 0.2) is 51.4 Å². The Balaban J connectivity index is 2.05. The lowest BCUT2D eigenvalue weighted by atomic mass is 10.2. The summed E-state index contributed by atoms with van der Waals surface area (Å²) in [6.45, 7) is 4.57. The molecule has 0 amide bonds. The van der Waals surface area contributed by atoms with Crippen molar-refractivity contribution in [1.29, 1.82) is 0 Å². The molecule has 0 bridgehead atoms. The Morgan fingerprint density at radius 1 is 1.05 bits per heavy atom. The number of benzene rings is 2. The van der Waals surface area contributed by atoms with E-state index in [2.05, 4.69) is 62.3 Å². The van der Waals surface area contributed by atoms with Crippen molar-refractivity contribution >= 4 is 31.9 Å². The highest BCUT2D eigenvalue weighted by Crippen LogP contribution is 2.30. The summed E-state index contributed by atoms with van der Waals surface area (Å²) < 4.78 is 8.10. The van der Waals surface area contributed by atoms with Gasteiger partial charge in [0.15, 0.2) is 0 Å². The molecule has 0 aromatic heterocycles. The van der Waals surface area contributed by atoms with E-state index in [1.807, 2.05) is 24.3 Å². The molecule has 0 aliphatic carbocycles. The zero-order valence-electron chi connectivity index (χ0n) is 12.0. The minimum Gasteiger partial charge on any atom is -0.487 e. The first-order valence-electron chi connectivity index (χ1n) is 7.06. The largest absolute Gasteiger partial charge is 0.487 e. The van der Waals surface area contributed by atoms with Crippen LogP contribution >= 0.6 is 31.9 Å². The molecule has 2 nitrogen and oxygen atoms in total. The van der Waals surface area contributed by atoms with Gasteiger partial charge < -0.3 is 10.1 Å². The van der Waals surface area contributed by atoms with Gasteiger partial charge in [-0.15, -0.1) is 0 Å². The average molecular weight is 413 g/mol. The summed E-state index contributed by atoms with van der Waals surface area (Å²) in [5, 5.41) is 3.42. The molecule has 0 aliphatic heterocycles. The summed E-state index contributed by atoms with van der Waals surface area (Å²) in [6, 6.07) is 14.3. The molecule has 2 aromatic rings. The standard InChI is InChI=1S/C17H19Br2NO/c1-2-10-20-11-14-4-3-5-16(19)17(14)21-12-13-6-8-15(18)9-7-13/h3-9,20H,2,10-12H2,1H3. The van der Waals surface area contributed by atoms with Gasteiger partial charge >= 0.3 is 0 Å². The predicted molar refractivity (Wildman–Crippen MR) is 94.6 cm³/mol. The van der Waals surface area contributed by atoms with E-state index in [-0.39, 0.29) is 0 Å². The van der Waals surface area contributed by atoms with Crippen LogP contribution in [0, 0.1) is 0 Å². The van der Waals surface area contributed by atoms with Crippen molar-refractivity contribution in [2.75, 3.05) is 6.54 Å². The van der Waals surface area contributed by atoms with Gasteiger partial charge in [-0.1, -0.05) is 47.1 Å². The van der Waals surface area contributed by atoms with Crippen LogP contribution in [0.5, 0.6) is 5.75 Å². The fraction of sp³-hybridized carbons (Fsp3) is 0.294. The molecule has 2 rings (SSSR count). The molecule has 112 valence electrons. The first kappa shape index (κ1) is 16.5. The molecule has 0 saturated carbocycles. The third-order valence-electron chi connectivity index (χ3n) is 3.09. The summed E-state index contributed by atoms with van der Waals surface area (Å²) in [5.74, 6) is 0.920. The molecule has 0 aliphatic rings. The normalized spacial score (nSPS) is 10.6. The average Bonchev–Trinajstić information content (AvgIpc) is 2.48. The van der Waals surface area contributed by atoms with Gasteiger partial charge in [-0.25, -0.2) is 0 Å². The van der Waals surface area contributed by atoms with Crippen molar-refractivity contribution < 1.29 is 4.74 Å². The SMILES string of the molecule is CCCNCc1cccc(Br)c1OCc1ccc(Br)cc1. The van der Waals surface area contributed by atoms with Gasteiger partial charge in [0, 0.05) is 16.6 Å². The van der Waals surface area contributed by atoms with Crippen LogP contribution in [0.4, 0.5) is 0 Å². The molecule has 0 unspecified atom stereocenters. The highest BCUT2D eigenvalue weighted by Gasteiger charge is 2.08. The van der Waals surface area contributed by atoms with Gasteiger partial charge in [-0.2, -0.15) is 0 Å². The lowest BCUT2D eigenvalue weighted by Crippen LogP contribution is -2.14. The second-order valence-corrected chi connectivity index (χ2v) is 6.59. The number of ether oxygens (including phenoxy) is 1. The van der Waals surface area contributed by atoms with Crippen LogP contribution in [-0.4, -0.2) is 6.54 Å². The van der Waals surface area contributed by atoms with Crippen molar-refractivity contribution in [1.82, 2.24) is 5.32 Å². The van der Waals surface area contributed by atoms with E-state index in [1.54, 1.807) is 0 Å². The minimum atomic E-state index is 0.566. The van der Waals surface area contributed by atoms with E-state index >= 15 is 0 Å². The molecular formula is C17H19Br2NO. The molecule has 0 spiro atoms. The van der Waals surface area contributed by atoms with E-state index in [0.29, 0.717) is 6.61 Å². The molecule has 21 heavy (non-hydrogen) atoms. The van der Waals surface area contributed by atoms with Crippen molar-refractivity contribution in [3.8, 4) is 5.75 Å². The van der Waals surface area contributed by atoms with E-state index in [0.717, 1.165) is 39.8 Å². The molecule has 0 atom stereocenters. The molecule has 1 N–H and O–H groups in total. The highest BCUT2D eigenvalue weighted by atomic mass is 79.9. The minimum absolute atomic E-state index is 0.566. The number of rotatable bonds is 7. The smallest absolute Gasteiger partial charge is 0.138 e. The fourth-order valence-corrected chi connectivity index (χ4v) is 2.78. The van der Waals surface area contributed by atoms with E-state index in [1.165, 1.54) is 5.56 Å². The Kier molecular flexibility index (Phi) is 6.74. The summed E-state index contributed by atoms with van der Waals surface area (Å²) in [6.07, 6.45) is 1.13. The maximum Gasteiger partial charge on any atom is 0.138 e. The number of halogens is 2. The van der Waals surface area contributed by atoms with Gasteiger partial charge in [0.2, 0.25) is 0 Å². The third-order valence-corrected chi connectivity index (χ3v) is 4.24. The van der Waals surface area contributed by atoms with Gasteiger partial charge in [-0.3, -0.25) is 0 Å². The maximum absolute atomic E-state index is 6.02. The lowest BCUT2D eigenvalue weighted by molar-refractivity contribution is 0.300. The highest BCUT2D eigenvalue weighted by molar-refractivity contribution is 9.10. The Labute approximate surface area is 143 Å².